The monoisotopic (exact) mass is 203 g/mol. The smallest absolute Gasteiger partial charge is 0.155 e. The Morgan fingerprint density at radius 3 is 2.71 bits per heavy atom. The van der Waals surface area contributed by atoms with Crippen LogP contribution in [0, 0.1) is 11.8 Å². The Balaban J connectivity index is 2.52. The Bertz CT molecular complexity index is 186. The maximum Gasteiger partial charge on any atom is 0.155 e. The molecule has 0 spiro atoms. The minimum atomic E-state index is -1.32. The van der Waals surface area contributed by atoms with Crippen molar-refractivity contribution in [2.24, 2.45) is 17.6 Å². The van der Waals surface area contributed by atoms with Gasteiger partial charge in [-0.2, -0.15) is 0 Å². The summed E-state index contributed by atoms with van der Waals surface area (Å²) in [6.45, 7) is 2.51. The summed E-state index contributed by atoms with van der Waals surface area (Å²) in [6, 6.07) is 0. The fraction of sp³-hybridized carbons (Fsp3) is 1.00. The molecule has 0 bridgehead atoms. The largest absolute Gasteiger partial charge is 0.384 e. The molecule has 4 heteroatoms. The summed E-state index contributed by atoms with van der Waals surface area (Å²) in [7, 11) is 1.68. The van der Waals surface area contributed by atoms with Gasteiger partial charge < -0.3 is 20.7 Å². The van der Waals surface area contributed by atoms with Crippen LogP contribution < -0.4 is 5.73 Å². The molecular weight excluding hydrogens is 182 g/mol. The third-order valence-electron chi connectivity index (χ3n) is 3.44. The zero-order valence-electron chi connectivity index (χ0n) is 8.94. The molecule has 0 radical (unpaired) electrons. The highest BCUT2D eigenvalue weighted by molar-refractivity contribution is 4.97. The summed E-state index contributed by atoms with van der Waals surface area (Å²) < 4.78 is 5.08. The number of hydrogen-bond donors (Lipinski definition) is 3. The number of aliphatic hydroxyl groups excluding tert-OH is 1. The van der Waals surface area contributed by atoms with E-state index in [1.54, 1.807) is 14.0 Å². The van der Waals surface area contributed by atoms with Gasteiger partial charge in [-0.3, -0.25) is 0 Å². The molecule has 1 aliphatic rings. The van der Waals surface area contributed by atoms with Gasteiger partial charge in [-0.1, -0.05) is 6.92 Å². The van der Waals surface area contributed by atoms with E-state index in [2.05, 4.69) is 0 Å². The van der Waals surface area contributed by atoms with Gasteiger partial charge in [0.1, 0.15) is 0 Å². The van der Waals surface area contributed by atoms with Crippen LogP contribution in [0.15, 0.2) is 0 Å². The molecule has 0 aromatic rings. The Morgan fingerprint density at radius 1 is 1.57 bits per heavy atom. The molecule has 0 aromatic carbocycles. The molecule has 84 valence electrons. The first-order valence-electron chi connectivity index (χ1n) is 5.13. The van der Waals surface area contributed by atoms with Crippen molar-refractivity contribution in [3.63, 3.8) is 0 Å². The van der Waals surface area contributed by atoms with E-state index in [0.717, 1.165) is 19.3 Å². The highest BCUT2D eigenvalue weighted by Crippen LogP contribution is 2.38. The van der Waals surface area contributed by atoms with Crippen LogP contribution in [0.4, 0.5) is 0 Å². The van der Waals surface area contributed by atoms with Crippen LogP contribution in [-0.2, 0) is 4.74 Å². The SMILES string of the molecule is COCC1CCC(N)(C(C)C(O)O)C1. The second kappa shape index (κ2) is 4.57. The van der Waals surface area contributed by atoms with Crippen molar-refractivity contribution in [2.75, 3.05) is 13.7 Å². The molecule has 0 saturated heterocycles. The van der Waals surface area contributed by atoms with E-state index in [1.807, 2.05) is 0 Å². The lowest BCUT2D eigenvalue weighted by Crippen LogP contribution is -2.48. The van der Waals surface area contributed by atoms with E-state index < -0.39 is 11.8 Å². The van der Waals surface area contributed by atoms with Crippen molar-refractivity contribution in [2.45, 2.75) is 38.0 Å². The molecule has 4 nitrogen and oxygen atoms in total. The van der Waals surface area contributed by atoms with Gasteiger partial charge in [0.15, 0.2) is 6.29 Å². The molecule has 1 saturated carbocycles. The van der Waals surface area contributed by atoms with Gasteiger partial charge in [-0.05, 0) is 25.2 Å². The molecule has 1 aliphatic carbocycles. The molecule has 0 aromatic heterocycles. The molecule has 0 heterocycles. The molecule has 3 atom stereocenters. The van der Waals surface area contributed by atoms with Gasteiger partial charge in [0.25, 0.3) is 0 Å². The zero-order valence-corrected chi connectivity index (χ0v) is 8.94. The number of methoxy groups -OCH3 is 1. The van der Waals surface area contributed by atoms with Crippen LogP contribution in [0.5, 0.6) is 0 Å². The Morgan fingerprint density at radius 2 is 2.21 bits per heavy atom. The summed E-state index contributed by atoms with van der Waals surface area (Å²) >= 11 is 0. The third-order valence-corrected chi connectivity index (χ3v) is 3.44. The average molecular weight is 203 g/mol. The summed E-state index contributed by atoms with van der Waals surface area (Å²) in [5.74, 6) is 0.190. The van der Waals surface area contributed by atoms with Gasteiger partial charge in [-0.25, -0.2) is 0 Å². The predicted molar refractivity (Wildman–Crippen MR) is 53.5 cm³/mol. The van der Waals surface area contributed by atoms with E-state index in [0.29, 0.717) is 12.5 Å². The van der Waals surface area contributed by atoms with E-state index >= 15 is 0 Å². The first-order chi connectivity index (χ1) is 6.49. The van der Waals surface area contributed by atoms with Crippen molar-refractivity contribution < 1.29 is 14.9 Å². The highest BCUT2D eigenvalue weighted by atomic mass is 16.5. The minimum Gasteiger partial charge on any atom is -0.384 e. The van der Waals surface area contributed by atoms with Gasteiger partial charge in [0.05, 0.1) is 0 Å². The van der Waals surface area contributed by atoms with Crippen LogP contribution in [0.2, 0.25) is 0 Å². The fourth-order valence-corrected chi connectivity index (χ4v) is 2.30. The second-order valence-electron chi connectivity index (χ2n) is 4.50. The van der Waals surface area contributed by atoms with Crippen molar-refractivity contribution in [1.29, 1.82) is 0 Å². The summed E-state index contributed by atoms with van der Waals surface area (Å²) in [5, 5.41) is 18.2. The predicted octanol–water partition coefficient (Wildman–Crippen LogP) is 0.0772. The quantitative estimate of drug-likeness (QED) is 0.565. The standard InChI is InChI=1S/C10H21NO3/c1-7(9(12)13)10(11)4-3-8(5-10)6-14-2/h7-9,12-13H,3-6,11H2,1-2H3. The van der Waals surface area contributed by atoms with Gasteiger partial charge in [0, 0.05) is 25.2 Å². The number of nitrogens with two attached hydrogens (primary N) is 1. The van der Waals surface area contributed by atoms with Gasteiger partial charge in [0.2, 0.25) is 0 Å². The maximum atomic E-state index is 9.11. The topological polar surface area (TPSA) is 75.7 Å². The fourth-order valence-electron chi connectivity index (χ4n) is 2.30. The molecule has 3 unspecified atom stereocenters. The lowest BCUT2D eigenvalue weighted by molar-refractivity contribution is -0.0992. The Hall–Kier alpha value is -0.160. The van der Waals surface area contributed by atoms with Crippen LogP contribution in [0.25, 0.3) is 0 Å². The van der Waals surface area contributed by atoms with Crippen molar-refractivity contribution in [3.8, 4) is 0 Å². The average Bonchev–Trinajstić information content (AvgIpc) is 2.48. The molecule has 0 amide bonds. The molecular formula is C10H21NO3. The number of aliphatic hydroxyl groups is 2. The van der Waals surface area contributed by atoms with Crippen molar-refractivity contribution >= 4 is 0 Å². The van der Waals surface area contributed by atoms with E-state index in [1.165, 1.54) is 0 Å². The van der Waals surface area contributed by atoms with Gasteiger partial charge in [-0.15, -0.1) is 0 Å². The molecule has 1 rings (SSSR count). The van der Waals surface area contributed by atoms with Crippen LogP contribution in [0.1, 0.15) is 26.2 Å². The normalized spacial score (nSPS) is 35.1. The lowest BCUT2D eigenvalue weighted by Gasteiger charge is -2.32. The summed E-state index contributed by atoms with van der Waals surface area (Å²) in [6.07, 6.45) is 1.36. The van der Waals surface area contributed by atoms with Crippen LogP contribution in [0.3, 0.4) is 0 Å². The molecule has 4 N–H and O–H groups in total. The first-order valence-corrected chi connectivity index (χ1v) is 5.13. The first kappa shape index (κ1) is 11.9. The molecule has 1 fully saturated rings. The third kappa shape index (κ3) is 2.45. The zero-order chi connectivity index (χ0) is 10.8. The summed E-state index contributed by atoms with van der Waals surface area (Å²) in [4.78, 5) is 0. The van der Waals surface area contributed by atoms with Crippen LogP contribution in [-0.4, -0.2) is 35.8 Å². The van der Waals surface area contributed by atoms with E-state index in [4.69, 9.17) is 20.7 Å². The lowest BCUT2D eigenvalue weighted by atomic mass is 9.83. The molecule has 0 aliphatic heterocycles. The Kier molecular flexibility index (Phi) is 3.89. The number of rotatable bonds is 4. The Labute approximate surface area is 85.1 Å². The van der Waals surface area contributed by atoms with Crippen molar-refractivity contribution in [1.82, 2.24) is 0 Å². The number of hydrogen-bond acceptors (Lipinski definition) is 4. The van der Waals surface area contributed by atoms with Gasteiger partial charge >= 0.3 is 0 Å². The second-order valence-corrected chi connectivity index (χ2v) is 4.50. The molecule has 14 heavy (non-hydrogen) atoms. The minimum absolute atomic E-state index is 0.274. The maximum absolute atomic E-state index is 9.11. The van der Waals surface area contributed by atoms with E-state index in [-0.39, 0.29) is 5.92 Å². The summed E-state index contributed by atoms with van der Waals surface area (Å²) in [5.41, 5.74) is 5.72. The van der Waals surface area contributed by atoms with Crippen LogP contribution >= 0.6 is 0 Å². The highest BCUT2D eigenvalue weighted by Gasteiger charge is 2.42. The van der Waals surface area contributed by atoms with E-state index in [9.17, 15) is 0 Å². The number of ether oxygens (including phenoxy) is 1. The van der Waals surface area contributed by atoms with Crippen molar-refractivity contribution in [3.05, 3.63) is 0 Å².